The van der Waals surface area contributed by atoms with Crippen molar-refractivity contribution in [1.82, 2.24) is 15.1 Å². The molecule has 9 heteroatoms. The summed E-state index contributed by atoms with van der Waals surface area (Å²) in [6.07, 6.45) is 0.674. The van der Waals surface area contributed by atoms with E-state index in [0.29, 0.717) is 41.6 Å². The molecule has 1 N–H and O–H groups in total. The average molecular weight is 459 g/mol. The lowest BCUT2D eigenvalue weighted by Gasteiger charge is -2.19. The van der Waals surface area contributed by atoms with E-state index in [2.05, 4.69) is 10.4 Å². The molecule has 1 aliphatic rings. The van der Waals surface area contributed by atoms with Gasteiger partial charge >= 0.3 is 0 Å². The summed E-state index contributed by atoms with van der Waals surface area (Å²) >= 11 is 5.97. The molecule has 2 heterocycles. The van der Waals surface area contributed by atoms with Crippen LogP contribution in [0.4, 0.5) is 5.69 Å². The van der Waals surface area contributed by atoms with E-state index in [1.807, 2.05) is 36.4 Å². The maximum atomic E-state index is 13.4. The first kappa shape index (κ1) is 21.4. The minimum absolute atomic E-state index is 0.0701. The third-order valence-corrected chi connectivity index (χ3v) is 7.68. The van der Waals surface area contributed by atoms with E-state index in [0.717, 1.165) is 11.1 Å². The molecule has 7 nitrogen and oxygen atoms in total. The second-order valence-electron chi connectivity index (χ2n) is 7.52. The normalized spacial score (nSPS) is 13.3. The number of aromatic nitrogens is 2. The third kappa shape index (κ3) is 4.18. The minimum atomic E-state index is -3.78. The Morgan fingerprint density at radius 1 is 1.16 bits per heavy atom. The maximum absolute atomic E-state index is 13.4. The highest BCUT2D eigenvalue weighted by molar-refractivity contribution is 7.93. The number of para-hydroxylation sites is 1. The number of amides is 1. The van der Waals surface area contributed by atoms with Crippen molar-refractivity contribution in [3.8, 4) is 0 Å². The molecule has 2 aromatic carbocycles. The number of hydrogen-bond acceptors (Lipinski definition) is 4. The zero-order valence-electron chi connectivity index (χ0n) is 17.3. The number of nitrogens with zero attached hydrogens (tertiary/aromatic N) is 3. The fourth-order valence-electron chi connectivity index (χ4n) is 3.92. The van der Waals surface area contributed by atoms with Gasteiger partial charge in [0.05, 0.1) is 17.1 Å². The zero-order valence-corrected chi connectivity index (χ0v) is 18.9. The van der Waals surface area contributed by atoms with Gasteiger partial charge in [-0.15, -0.1) is 0 Å². The molecular weight excluding hydrogens is 436 g/mol. The molecule has 0 atom stereocenters. The number of fused-ring (bicyclic) bond motifs is 1. The van der Waals surface area contributed by atoms with Gasteiger partial charge in [-0.05, 0) is 49.6 Å². The van der Waals surface area contributed by atoms with Crippen LogP contribution in [-0.4, -0.2) is 30.7 Å². The van der Waals surface area contributed by atoms with Crippen molar-refractivity contribution in [1.29, 1.82) is 0 Å². The van der Waals surface area contributed by atoms with E-state index in [1.54, 1.807) is 26.0 Å². The molecule has 31 heavy (non-hydrogen) atoms. The van der Waals surface area contributed by atoms with Crippen LogP contribution in [0.15, 0.2) is 53.4 Å². The number of benzene rings is 2. The molecule has 0 saturated carbocycles. The summed E-state index contributed by atoms with van der Waals surface area (Å²) in [6.45, 7) is 3.99. The van der Waals surface area contributed by atoms with Gasteiger partial charge in [-0.1, -0.05) is 41.9 Å². The Hall–Kier alpha value is -2.84. The van der Waals surface area contributed by atoms with Gasteiger partial charge in [0.2, 0.25) is 5.91 Å². The standard InChI is InChI=1S/C22H23ClN4O3S/c1-15-22(31(29,30)27-11-10-18-7-3-4-9-20(18)27)16(2)26(25-15)14-21(28)24-13-17-6-5-8-19(23)12-17/h3-9,12H,10-11,13-14H2,1-2H3,(H,24,28). The molecule has 1 amide bonds. The van der Waals surface area contributed by atoms with Crippen molar-refractivity contribution in [2.24, 2.45) is 0 Å². The molecule has 0 aliphatic carbocycles. The molecule has 3 aromatic rings. The Labute approximate surface area is 186 Å². The van der Waals surface area contributed by atoms with E-state index in [-0.39, 0.29) is 17.3 Å². The summed E-state index contributed by atoms with van der Waals surface area (Å²) in [6, 6.07) is 14.7. The molecule has 0 saturated heterocycles. The van der Waals surface area contributed by atoms with Gasteiger partial charge in [0, 0.05) is 18.1 Å². The maximum Gasteiger partial charge on any atom is 0.268 e. The quantitative estimate of drug-likeness (QED) is 0.614. The first-order valence-corrected chi connectivity index (χ1v) is 11.7. The van der Waals surface area contributed by atoms with E-state index in [1.165, 1.54) is 8.99 Å². The Morgan fingerprint density at radius 2 is 1.94 bits per heavy atom. The van der Waals surface area contributed by atoms with Gasteiger partial charge in [0.15, 0.2) is 0 Å². The molecule has 1 aromatic heterocycles. The van der Waals surface area contributed by atoms with E-state index in [9.17, 15) is 13.2 Å². The summed E-state index contributed by atoms with van der Waals surface area (Å²) < 4.78 is 29.8. The number of halogens is 1. The number of rotatable bonds is 6. The first-order chi connectivity index (χ1) is 14.8. The van der Waals surface area contributed by atoms with Gasteiger partial charge in [0.1, 0.15) is 11.4 Å². The SMILES string of the molecule is Cc1nn(CC(=O)NCc2cccc(Cl)c2)c(C)c1S(=O)(=O)N1CCc2ccccc21. The van der Waals surface area contributed by atoms with Crippen LogP contribution in [0.25, 0.3) is 0 Å². The van der Waals surface area contributed by atoms with Crippen LogP contribution in [0.5, 0.6) is 0 Å². The molecule has 0 fully saturated rings. The first-order valence-electron chi connectivity index (χ1n) is 9.93. The zero-order chi connectivity index (χ0) is 22.2. The van der Waals surface area contributed by atoms with Crippen LogP contribution >= 0.6 is 11.6 Å². The lowest BCUT2D eigenvalue weighted by atomic mass is 10.2. The topological polar surface area (TPSA) is 84.3 Å². The fraction of sp³-hybridized carbons (Fsp3) is 0.273. The molecule has 0 radical (unpaired) electrons. The van der Waals surface area contributed by atoms with Crippen molar-refractivity contribution in [3.63, 3.8) is 0 Å². The number of nitrogens with one attached hydrogen (secondary N) is 1. The lowest BCUT2D eigenvalue weighted by Crippen LogP contribution is -2.30. The predicted octanol–water partition coefficient (Wildman–Crippen LogP) is 3.22. The summed E-state index contributed by atoms with van der Waals surface area (Å²) in [4.78, 5) is 12.6. The molecule has 0 bridgehead atoms. The lowest BCUT2D eigenvalue weighted by molar-refractivity contribution is -0.122. The molecule has 0 unspecified atom stereocenters. The highest BCUT2D eigenvalue weighted by Crippen LogP contribution is 2.34. The van der Waals surface area contributed by atoms with Crippen LogP contribution < -0.4 is 9.62 Å². The molecular formula is C22H23ClN4O3S. The molecule has 0 spiro atoms. The Bertz CT molecular complexity index is 1250. The summed E-state index contributed by atoms with van der Waals surface area (Å²) in [5, 5.41) is 7.76. The van der Waals surface area contributed by atoms with E-state index < -0.39 is 10.0 Å². The Kier molecular flexibility index (Phi) is 5.77. The summed E-state index contributed by atoms with van der Waals surface area (Å²) in [5.41, 5.74) is 3.41. The number of carbonyl (C=O) groups is 1. The number of sulfonamides is 1. The molecule has 162 valence electrons. The van der Waals surface area contributed by atoms with Crippen LogP contribution in [0.3, 0.4) is 0 Å². The van der Waals surface area contributed by atoms with E-state index >= 15 is 0 Å². The van der Waals surface area contributed by atoms with E-state index in [4.69, 9.17) is 11.6 Å². The number of hydrogen-bond donors (Lipinski definition) is 1. The number of anilines is 1. The van der Waals surface area contributed by atoms with Gasteiger partial charge in [0.25, 0.3) is 10.0 Å². The van der Waals surface area contributed by atoms with Gasteiger partial charge < -0.3 is 5.32 Å². The summed E-state index contributed by atoms with van der Waals surface area (Å²) in [7, 11) is -3.78. The highest BCUT2D eigenvalue weighted by Gasteiger charge is 2.35. The molecule has 4 rings (SSSR count). The monoisotopic (exact) mass is 458 g/mol. The number of aryl methyl sites for hydroxylation is 1. The minimum Gasteiger partial charge on any atom is -0.350 e. The second-order valence-corrected chi connectivity index (χ2v) is 9.76. The van der Waals surface area contributed by atoms with Gasteiger partial charge in [-0.3, -0.25) is 13.8 Å². The van der Waals surface area contributed by atoms with Crippen molar-refractivity contribution in [3.05, 3.63) is 76.1 Å². The Balaban J connectivity index is 1.53. The van der Waals surface area contributed by atoms with Gasteiger partial charge in [-0.2, -0.15) is 5.10 Å². The second kappa shape index (κ2) is 8.36. The van der Waals surface area contributed by atoms with Crippen LogP contribution in [0.1, 0.15) is 22.5 Å². The highest BCUT2D eigenvalue weighted by atomic mass is 35.5. The average Bonchev–Trinajstić information content (AvgIpc) is 3.28. The number of carbonyl (C=O) groups excluding carboxylic acids is 1. The summed E-state index contributed by atoms with van der Waals surface area (Å²) in [5.74, 6) is -0.263. The van der Waals surface area contributed by atoms with Crippen molar-refractivity contribution < 1.29 is 13.2 Å². The van der Waals surface area contributed by atoms with Crippen LogP contribution in [0, 0.1) is 13.8 Å². The van der Waals surface area contributed by atoms with Crippen molar-refractivity contribution >= 4 is 33.2 Å². The van der Waals surface area contributed by atoms with Gasteiger partial charge in [-0.25, -0.2) is 8.42 Å². The van der Waals surface area contributed by atoms with Crippen molar-refractivity contribution in [2.75, 3.05) is 10.8 Å². The van der Waals surface area contributed by atoms with Crippen LogP contribution in [0.2, 0.25) is 5.02 Å². The smallest absolute Gasteiger partial charge is 0.268 e. The largest absolute Gasteiger partial charge is 0.350 e. The van der Waals surface area contributed by atoms with Crippen molar-refractivity contribution in [2.45, 2.75) is 38.3 Å². The molecule has 1 aliphatic heterocycles. The Morgan fingerprint density at radius 3 is 2.71 bits per heavy atom. The fourth-order valence-corrected chi connectivity index (χ4v) is 6.01. The predicted molar refractivity (Wildman–Crippen MR) is 120 cm³/mol. The van der Waals surface area contributed by atoms with Crippen LogP contribution in [-0.2, 0) is 34.3 Å². The third-order valence-electron chi connectivity index (χ3n) is 5.38.